The molecule has 0 aliphatic heterocycles. The van der Waals surface area contributed by atoms with Crippen LogP contribution >= 0.6 is 0 Å². The van der Waals surface area contributed by atoms with Crippen molar-refractivity contribution in [3.05, 3.63) is 23.7 Å². The third-order valence-corrected chi connectivity index (χ3v) is 3.13. The largest absolute Gasteiger partial charge is 0.481 e. The highest BCUT2D eigenvalue weighted by atomic mass is 16.4. The molecule has 2 N–H and O–H groups in total. The van der Waals surface area contributed by atoms with E-state index in [0.29, 0.717) is 12.3 Å². The fraction of sp³-hybridized carbons (Fsp3) is 0.571. The Morgan fingerprint density at radius 3 is 2.50 bits per heavy atom. The second-order valence-electron chi connectivity index (χ2n) is 4.85. The number of nitrogens with zero attached hydrogens (tertiary/aromatic N) is 1. The Balaban J connectivity index is 2.65. The number of carbonyl (C=O) groups is 2. The minimum absolute atomic E-state index is 0.0739. The number of urea groups is 1. The number of furan rings is 1. The highest BCUT2D eigenvalue weighted by Gasteiger charge is 2.22. The maximum absolute atomic E-state index is 12.2. The van der Waals surface area contributed by atoms with Crippen LogP contribution in [0.15, 0.2) is 16.5 Å². The summed E-state index contributed by atoms with van der Waals surface area (Å²) in [6.45, 7) is 7.65. The van der Waals surface area contributed by atoms with Gasteiger partial charge in [-0.3, -0.25) is 4.79 Å². The lowest BCUT2D eigenvalue weighted by Crippen LogP contribution is -2.46. The molecule has 6 nitrogen and oxygen atoms in total. The van der Waals surface area contributed by atoms with Crippen molar-refractivity contribution in [3.8, 4) is 0 Å². The topological polar surface area (TPSA) is 82.8 Å². The molecule has 0 bridgehead atoms. The molecule has 0 saturated carbocycles. The van der Waals surface area contributed by atoms with Crippen molar-refractivity contribution in [2.75, 3.05) is 6.54 Å². The van der Waals surface area contributed by atoms with Crippen LogP contribution in [0.25, 0.3) is 0 Å². The summed E-state index contributed by atoms with van der Waals surface area (Å²) >= 11 is 0. The Hall–Kier alpha value is -1.98. The van der Waals surface area contributed by atoms with Crippen LogP contribution in [0.1, 0.15) is 44.8 Å². The maximum atomic E-state index is 12.2. The van der Waals surface area contributed by atoms with E-state index in [9.17, 15) is 9.59 Å². The van der Waals surface area contributed by atoms with E-state index in [1.54, 1.807) is 6.92 Å². The zero-order valence-corrected chi connectivity index (χ0v) is 12.3. The summed E-state index contributed by atoms with van der Waals surface area (Å²) in [5.41, 5.74) is 0. The molecule has 2 unspecified atom stereocenters. The van der Waals surface area contributed by atoms with E-state index in [2.05, 4.69) is 5.32 Å². The molecule has 6 heteroatoms. The number of hydrogen-bond donors (Lipinski definition) is 2. The predicted octanol–water partition coefficient (Wildman–Crippen LogP) is 2.54. The fourth-order valence-electron chi connectivity index (χ4n) is 2.04. The van der Waals surface area contributed by atoms with Gasteiger partial charge < -0.3 is 19.7 Å². The van der Waals surface area contributed by atoms with E-state index in [-0.39, 0.29) is 24.5 Å². The average Bonchev–Trinajstić information content (AvgIpc) is 2.75. The number of amides is 2. The van der Waals surface area contributed by atoms with Gasteiger partial charge in [-0.15, -0.1) is 0 Å². The summed E-state index contributed by atoms with van der Waals surface area (Å²) in [6, 6.07) is 2.74. The molecule has 0 radical (unpaired) electrons. The molecule has 1 heterocycles. The quantitative estimate of drug-likeness (QED) is 0.840. The first-order valence-electron chi connectivity index (χ1n) is 6.70. The number of hydrogen-bond acceptors (Lipinski definition) is 3. The lowest BCUT2D eigenvalue weighted by molar-refractivity contribution is -0.138. The number of carboxylic acids is 1. The molecule has 0 spiro atoms. The molecule has 1 aromatic heterocycles. The first kappa shape index (κ1) is 16.1. The Morgan fingerprint density at radius 1 is 1.40 bits per heavy atom. The smallest absolute Gasteiger partial charge is 0.318 e. The van der Waals surface area contributed by atoms with Gasteiger partial charge >= 0.3 is 12.0 Å². The van der Waals surface area contributed by atoms with E-state index in [1.807, 2.05) is 32.9 Å². The lowest BCUT2D eigenvalue weighted by Gasteiger charge is -2.28. The third kappa shape index (κ3) is 4.29. The first-order valence-corrected chi connectivity index (χ1v) is 6.70. The van der Waals surface area contributed by atoms with Gasteiger partial charge in [0, 0.05) is 12.6 Å². The molecule has 0 saturated heterocycles. The molecule has 1 aromatic rings. The third-order valence-electron chi connectivity index (χ3n) is 3.13. The number of rotatable bonds is 6. The molecule has 0 aliphatic rings. The van der Waals surface area contributed by atoms with E-state index >= 15 is 0 Å². The SMILES string of the molecule is CCN(C(=O)NC(C)c1ccc(C)o1)C(C)CC(=O)O. The fourth-order valence-corrected chi connectivity index (χ4v) is 2.04. The Kier molecular flexibility index (Phi) is 5.61. The van der Waals surface area contributed by atoms with Gasteiger partial charge in [-0.25, -0.2) is 4.79 Å². The molecular formula is C14H22N2O4. The Morgan fingerprint density at radius 2 is 2.05 bits per heavy atom. The summed E-state index contributed by atoms with van der Waals surface area (Å²) in [6.07, 6.45) is -0.0739. The molecule has 20 heavy (non-hydrogen) atoms. The van der Waals surface area contributed by atoms with Crippen molar-refractivity contribution in [1.82, 2.24) is 10.2 Å². The highest BCUT2D eigenvalue weighted by molar-refractivity contribution is 5.76. The normalized spacial score (nSPS) is 13.6. The average molecular weight is 282 g/mol. The number of nitrogens with one attached hydrogen (secondary N) is 1. The van der Waals surface area contributed by atoms with E-state index in [1.165, 1.54) is 4.90 Å². The summed E-state index contributed by atoms with van der Waals surface area (Å²) in [4.78, 5) is 24.4. The second-order valence-corrected chi connectivity index (χ2v) is 4.85. The van der Waals surface area contributed by atoms with Crippen molar-refractivity contribution in [2.45, 2.75) is 46.2 Å². The maximum Gasteiger partial charge on any atom is 0.318 e. The van der Waals surface area contributed by atoms with Gasteiger partial charge in [-0.1, -0.05) is 0 Å². The lowest BCUT2D eigenvalue weighted by atomic mass is 10.2. The van der Waals surface area contributed by atoms with Gasteiger partial charge in [0.05, 0.1) is 12.5 Å². The minimum Gasteiger partial charge on any atom is -0.481 e. The molecule has 0 aliphatic carbocycles. The zero-order chi connectivity index (χ0) is 15.3. The number of aliphatic carboxylic acids is 1. The molecule has 112 valence electrons. The predicted molar refractivity (Wildman–Crippen MR) is 74.5 cm³/mol. The first-order chi connectivity index (χ1) is 9.35. The van der Waals surface area contributed by atoms with Crippen LogP contribution in [0.2, 0.25) is 0 Å². The zero-order valence-electron chi connectivity index (χ0n) is 12.3. The van der Waals surface area contributed by atoms with E-state index < -0.39 is 5.97 Å². The van der Waals surface area contributed by atoms with Crippen molar-refractivity contribution in [2.24, 2.45) is 0 Å². The summed E-state index contributed by atoms with van der Waals surface area (Å²) in [5.74, 6) is 0.545. The van der Waals surface area contributed by atoms with Crippen LogP contribution in [0.5, 0.6) is 0 Å². The summed E-state index contributed by atoms with van der Waals surface area (Å²) in [7, 11) is 0. The van der Waals surface area contributed by atoms with Gasteiger partial charge in [0.1, 0.15) is 11.5 Å². The van der Waals surface area contributed by atoms with Gasteiger partial charge in [-0.05, 0) is 39.8 Å². The molecule has 2 amide bonds. The minimum atomic E-state index is -0.918. The van der Waals surface area contributed by atoms with Crippen LogP contribution < -0.4 is 5.32 Å². The van der Waals surface area contributed by atoms with E-state index in [0.717, 1.165) is 5.76 Å². The molecule has 2 atom stereocenters. The number of carbonyl (C=O) groups excluding carboxylic acids is 1. The van der Waals surface area contributed by atoms with Gasteiger partial charge in [-0.2, -0.15) is 0 Å². The number of carboxylic acid groups (broad SMARTS) is 1. The van der Waals surface area contributed by atoms with Crippen molar-refractivity contribution in [1.29, 1.82) is 0 Å². The van der Waals surface area contributed by atoms with Crippen LogP contribution in [0.3, 0.4) is 0 Å². The van der Waals surface area contributed by atoms with E-state index in [4.69, 9.17) is 9.52 Å². The van der Waals surface area contributed by atoms with Crippen molar-refractivity contribution >= 4 is 12.0 Å². The molecular weight excluding hydrogens is 260 g/mol. The van der Waals surface area contributed by atoms with Crippen LogP contribution in [0, 0.1) is 6.92 Å². The van der Waals surface area contributed by atoms with Gasteiger partial charge in [0.25, 0.3) is 0 Å². The van der Waals surface area contributed by atoms with Crippen LogP contribution in [0.4, 0.5) is 4.79 Å². The number of aryl methyl sites for hydroxylation is 1. The van der Waals surface area contributed by atoms with Gasteiger partial charge in [0.15, 0.2) is 0 Å². The second kappa shape index (κ2) is 6.98. The Bertz CT molecular complexity index is 469. The van der Waals surface area contributed by atoms with Crippen LogP contribution in [-0.4, -0.2) is 34.6 Å². The highest BCUT2D eigenvalue weighted by Crippen LogP contribution is 2.16. The van der Waals surface area contributed by atoms with Crippen LogP contribution in [-0.2, 0) is 4.79 Å². The standard InChI is InChI=1S/C14H22N2O4/c1-5-16(9(2)8-13(17)18)14(19)15-11(4)12-7-6-10(3)20-12/h6-7,9,11H,5,8H2,1-4H3,(H,15,19)(H,17,18). The monoisotopic (exact) mass is 282 g/mol. The van der Waals surface area contributed by atoms with Gasteiger partial charge in [0.2, 0.25) is 0 Å². The van der Waals surface area contributed by atoms with Crippen molar-refractivity contribution in [3.63, 3.8) is 0 Å². The molecule has 1 rings (SSSR count). The molecule has 0 fully saturated rings. The molecule has 0 aromatic carbocycles. The Labute approximate surface area is 118 Å². The van der Waals surface area contributed by atoms with Crippen molar-refractivity contribution < 1.29 is 19.1 Å². The summed E-state index contributed by atoms with van der Waals surface area (Å²) in [5, 5.41) is 11.6. The summed E-state index contributed by atoms with van der Waals surface area (Å²) < 4.78 is 5.46.